The van der Waals surface area contributed by atoms with Crippen molar-refractivity contribution in [3.8, 4) is 5.75 Å². The molecule has 0 atom stereocenters. The van der Waals surface area contributed by atoms with Crippen molar-refractivity contribution in [3.05, 3.63) is 65.2 Å². The van der Waals surface area contributed by atoms with Gasteiger partial charge in [0, 0.05) is 0 Å². The van der Waals surface area contributed by atoms with Crippen LogP contribution in [0.3, 0.4) is 0 Å². The molecule has 88 valence electrons. The van der Waals surface area contributed by atoms with Crippen LogP contribution in [-0.2, 0) is 12.8 Å². The van der Waals surface area contributed by atoms with Gasteiger partial charge in [-0.2, -0.15) is 0 Å². The highest BCUT2D eigenvalue weighted by atomic mass is 19.1. The molecule has 0 aliphatic heterocycles. The topological polar surface area (TPSA) is 20.2 Å². The lowest BCUT2D eigenvalue weighted by molar-refractivity contribution is 0.465. The molecule has 0 aliphatic rings. The number of aryl methyl sites for hydroxylation is 2. The summed E-state index contributed by atoms with van der Waals surface area (Å²) in [6.07, 6.45) is 1.16. The van der Waals surface area contributed by atoms with E-state index in [9.17, 15) is 13.9 Å². The molecule has 2 aromatic rings. The van der Waals surface area contributed by atoms with Gasteiger partial charge < -0.3 is 5.11 Å². The Morgan fingerprint density at radius 1 is 0.824 bits per heavy atom. The van der Waals surface area contributed by atoms with Crippen LogP contribution in [0.2, 0.25) is 0 Å². The molecule has 0 saturated heterocycles. The molecule has 3 heteroatoms. The Morgan fingerprint density at radius 3 is 2.18 bits per heavy atom. The first-order chi connectivity index (χ1) is 8.15. The Labute approximate surface area is 98.3 Å². The standard InChI is InChI=1S/C14H12F2O/c15-12-5-2-10(3-6-12)1-4-11-9-13(16)7-8-14(11)17/h2-3,5-9,17H,1,4H2. The summed E-state index contributed by atoms with van der Waals surface area (Å²) in [6, 6.07) is 10.0. The quantitative estimate of drug-likeness (QED) is 0.862. The first-order valence-corrected chi connectivity index (χ1v) is 5.37. The van der Waals surface area contributed by atoms with E-state index < -0.39 is 0 Å². The zero-order valence-corrected chi connectivity index (χ0v) is 9.16. The number of aromatic hydroxyl groups is 1. The lowest BCUT2D eigenvalue weighted by Gasteiger charge is -2.05. The maximum Gasteiger partial charge on any atom is 0.123 e. The SMILES string of the molecule is Oc1ccc(F)cc1CCc1ccc(F)cc1. The average molecular weight is 234 g/mol. The van der Waals surface area contributed by atoms with E-state index in [-0.39, 0.29) is 17.4 Å². The first kappa shape index (κ1) is 11.6. The molecule has 0 unspecified atom stereocenters. The molecule has 0 heterocycles. The van der Waals surface area contributed by atoms with Gasteiger partial charge in [-0.15, -0.1) is 0 Å². The van der Waals surface area contributed by atoms with Crippen molar-refractivity contribution in [1.29, 1.82) is 0 Å². The van der Waals surface area contributed by atoms with Crippen LogP contribution < -0.4 is 0 Å². The molecule has 0 amide bonds. The van der Waals surface area contributed by atoms with Crippen molar-refractivity contribution in [3.63, 3.8) is 0 Å². The number of halogens is 2. The number of phenols is 1. The third-order valence-electron chi connectivity index (χ3n) is 2.64. The fourth-order valence-corrected chi connectivity index (χ4v) is 1.68. The first-order valence-electron chi connectivity index (χ1n) is 5.37. The number of phenolic OH excluding ortho intramolecular Hbond substituents is 1. The summed E-state index contributed by atoms with van der Waals surface area (Å²) in [4.78, 5) is 0. The second-order valence-corrected chi connectivity index (χ2v) is 3.90. The van der Waals surface area contributed by atoms with Crippen LogP contribution in [-0.4, -0.2) is 5.11 Å². The minimum atomic E-state index is -0.364. The molecule has 2 aromatic carbocycles. The van der Waals surface area contributed by atoms with Gasteiger partial charge in [0.05, 0.1) is 0 Å². The van der Waals surface area contributed by atoms with Gasteiger partial charge in [-0.1, -0.05) is 12.1 Å². The van der Waals surface area contributed by atoms with E-state index >= 15 is 0 Å². The molecule has 2 rings (SSSR count). The Kier molecular flexibility index (Phi) is 3.38. The molecule has 1 N–H and O–H groups in total. The number of hydrogen-bond acceptors (Lipinski definition) is 1. The molecule has 0 radical (unpaired) electrons. The molecule has 0 aliphatic carbocycles. The number of rotatable bonds is 3. The fourth-order valence-electron chi connectivity index (χ4n) is 1.68. The minimum absolute atomic E-state index is 0.0912. The summed E-state index contributed by atoms with van der Waals surface area (Å²) in [6.45, 7) is 0. The van der Waals surface area contributed by atoms with E-state index in [0.29, 0.717) is 18.4 Å². The van der Waals surface area contributed by atoms with Crippen LogP contribution in [0.25, 0.3) is 0 Å². The Bertz CT molecular complexity index is 506. The summed E-state index contributed by atoms with van der Waals surface area (Å²) in [5.41, 5.74) is 1.52. The van der Waals surface area contributed by atoms with Gasteiger partial charge >= 0.3 is 0 Å². The molecule has 0 bridgehead atoms. The van der Waals surface area contributed by atoms with E-state index in [2.05, 4.69) is 0 Å². The summed E-state index contributed by atoms with van der Waals surface area (Å²) >= 11 is 0. The molecule has 0 spiro atoms. The van der Waals surface area contributed by atoms with Gasteiger partial charge in [0.25, 0.3) is 0 Å². The van der Waals surface area contributed by atoms with Crippen molar-refractivity contribution in [2.24, 2.45) is 0 Å². The van der Waals surface area contributed by atoms with Crippen molar-refractivity contribution in [2.45, 2.75) is 12.8 Å². The molecular weight excluding hydrogens is 222 g/mol. The van der Waals surface area contributed by atoms with E-state index in [1.165, 1.54) is 30.3 Å². The van der Waals surface area contributed by atoms with Gasteiger partial charge in [0.15, 0.2) is 0 Å². The predicted molar refractivity (Wildman–Crippen MR) is 61.9 cm³/mol. The molecule has 0 fully saturated rings. The maximum atomic E-state index is 13.0. The minimum Gasteiger partial charge on any atom is -0.508 e. The molecule has 1 nitrogen and oxygen atoms in total. The van der Waals surface area contributed by atoms with Crippen molar-refractivity contribution >= 4 is 0 Å². The Morgan fingerprint density at radius 2 is 1.47 bits per heavy atom. The van der Waals surface area contributed by atoms with E-state index in [1.807, 2.05) is 0 Å². The third-order valence-corrected chi connectivity index (χ3v) is 2.64. The largest absolute Gasteiger partial charge is 0.508 e. The highest BCUT2D eigenvalue weighted by molar-refractivity contribution is 5.33. The van der Waals surface area contributed by atoms with Crippen molar-refractivity contribution < 1.29 is 13.9 Å². The predicted octanol–water partition coefficient (Wildman–Crippen LogP) is 3.46. The van der Waals surface area contributed by atoms with Crippen LogP contribution >= 0.6 is 0 Å². The molecule has 0 saturated carbocycles. The molecule has 17 heavy (non-hydrogen) atoms. The summed E-state index contributed by atoms with van der Waals surface area (Å²) in [5.74, 6) is -0.548. The van der Waals surface area contributed by atoms with E-state index in [0.717, 1.165) is 5.56 Å². The van der Waals surface area contributed by atoms with Crippen LogP contribution in [0, 0.1) is 11.6 Å². The smallest absolute Gasteiger partial charge is 0.123 e. The zero-order valence-electron chi connectivity index (χ0n) is 9.16. The zero-order chi connectivity index (χ0) is 12.3. The van der Waals surface area contributed by atoms with Crippen LogP contribution in [0.15, 0.2) is 42.5 Å². The van der Waals surface area contributed by atoms with Gasteiger partial charge in [-0.3, -0.25) is 0 Å². The molecule has 0 aromatic heterocycles. The van der Waals surface area contributed by atoms with Crippen LogP contribution in [0.4, 0.5) is 8.78 Å². The Hall–Kier alpha value is -1.90. The summed E-state index contributed by atoms with van der Waals surface area (Å²) in [5, 5.41) is 9.53. The van der Waals surface area contributed by atoms with Gasteiger partial charge in [-0.05, 0) is 54.3 Å². The van der Waals surface area contributed by atoms with E-state index in [1.54, 1.807) is 12.1 Å². The Balaban J connectivity index is 2.07. The monoisotopic (exact) mass is 234 g/mol. The second kappa shape index (κ2) is 4.95. The van der Waals surface area contributed by atoms with Gasteiger partial charge in [0.2, 0.25) is 0 Å². The lowest BCUT2D eigenvalue weighted by atomic mass is 10.0. The number of benzene rings is 2. The summed E-state index contributed by atoms with van der Waals surface area (Å²) < 4.78 is 25.6. The maximum absolute atomic E-state index is 13.0. The van der Waals surface area contributed by atoms with Crippen molar-refractivity contribution in [2.75, 3.05) is 0 Å². The third kappa shape index (κ3) is 3.03. The van der Waals surface area contributed by atoms with Crippen LogP contribution in [0.5, 0.6) is 5.75 Å². The molecular formula is C14H12F2O. The van der Waals surface area contributed by atoms with Crippen molar-refractivity contribution in [1.82, 2.24) is 0 Å². The normalized spacial score (nSPS) is 10.5. The lowest BCUT2D eigenvalue weighted by Crippen LogP contribution is -1.93. The fraction of sp³-hybridized carbons (Fsp3) is 0.143. The highest BCUT2D eigenvalue weighted by Gasteiger charge is 2.03. The summed E-state index contributed by atoms with van der Waals surface area (Å²) in [7, 11) is 0. The van der Waals surface area contributed by atoms with Crippen LogP contribution in [0.1, 0.15) is 11.1 Å². The average Bonchev–Trinajstić information content (AvgIpc) is 2.32. The van der Waals surface area contributed by atoms with Gasteiger partial charge in [-0.25, -0.2) is 8.78 Å². The highest BCUT2D eigenvalue weighted by Crippen LogP contribution is 2.19. The second-order valence-electron chi connectivity index (χ2n) is 3.90. The van der Waals surface area contributed by atoms with Gasteiger partial charge in [0.1, 0.15) is 17.4 Å². The number of hydrogen-bond donors (Lipinski definition) is 1. The van der Waals surface area contributed by atoms with E-state index in [4.69, 9.17) is 0 Å².